The first-order valence-corrected chi connectivity index (χ1v) is 10.8. The van der Waals surface area contributed by atoms with E-state index < -0.39 is 0 Å². The minimum atomic E-state index is -0.224. The molecule has 31 heavy (non-hydrogen) atoms. The first kappa shape index (κ1) is 20.1. The molecular formula is C24H26N4O3. The zero-order valence-electron chi connectivity index (χ0n) is 17.4. The Hall–Kier alpha value is -2.87. The highest BCUT2D eigenvalue weighted by molar-refractivity contribution is 6.05. The van der Waals surface area contributed by atoms with Crippen molar-refractivity contribution < 1.29 is 14.3 Å². The summed E-state index contributed by atoms with van der Waals surface area (Å²) in [5.41, 5.74) is 1.47. The summed E-state index contributed by atoms with van der Waals surface area (Å²) < 4.78 is 11.7. The Morgan fingerprint density at radius 1 is 1.00 bits per heavy atom. The van der Waals surface area contributed by atoms with Crippen LogP contribution in [0.2, 0.25) is 0 Å². The fourth-order valence-corrected chi connectivity index (χ4v) is 4.52. The van der Waals surface area contributed by atoms with Crippen LogP contribution >= 0.6 is 0 Å². The fraction of sp³-hybridized carbons (Fsp3) is 0.375. The Morgan fingerprint density at radius 3 is 2.71 bits per heavy atom. The number of amides is 1. The fourth-order valence-electron chi connectivity index (χ4n) is 4.52. The van der Waals surface area contributed by atoms with Crippen LogP contribution in [0, 0.1) is 0 Å². The molecule has 0 unspecified atom stereocenters. The molecule has 4 heterocycles. The van der Waals surface area contributed by atoms with E-state index in [2.05, 4.69) is 14.9 Å². The Balaban J connectivity index is 1.50. The minimum Gasteiger partial charge on any atom is -0.379 e. The zero-order valence-corrected chi connectivity index (χ0v) is 17.4. The normalized spacial score (nSPS) is 22.5. The summed E-state index contributed by atoms with van der Waals surface area (Å²) in [5, 5.41) is 1.88. The van der Waals surface area contributed by atoms with E-state index in [0.717, 1.165) is 49.2 Å². The van der Waals surface area contributed by atoms with Crippen molar-refractivity contribution in [1.82, 2.24) is 19.8 Å². The molecule has 2 fully saturated rings. The smallest absolute Gasteiger partial charge is 0.273 e. The number of morpholine rings is 2. The second-order valence-corrected chi connectivity index (χ2v) is 7.93. The predicted molar refractivity (Wildman–Crippen MR) is 117 cm³/mol. The van der Waals surface area contributed by atoms with Crippen molar-refractivity contribution in [3.8, 4) is 0 Å². The molecule has 2 aliphatic heterocycles. The van der Waals surface area contributed by atoms with Gasteiger partial charge < -0.3 is 14.4 Å². The molecule has 2 aromatic heterocycles. The van der Waals surface area contributed by atoms with Crippen molar-refractivity contribution in [1.29, 1.82) is 0 Å². The Bertz CT molecular complexity index is 1030. The van der Waals surface area contributed by atoms with Crippen LogP contribution < -0.4 is 0 Å². The molecule has 2 saturated heterocycles. The molecule has 0 bridgehead atoms. The van der Waals surface area contributed by atoms with Gasteiger partial charge in [-0.25, -0.2) is 0 Å². The average molecular weight is 418 g/mol. The Morgan fingerprint density at radius 2 is 1.87 bits per heavy atom. The maximum absolute atomic E-state index is 13.8. The number of rotatable bonds is 4. The number of pyridine rings is 2. The van der Waals surface area contributed by atoms with Gasteiger partial charge in [-0.1, -0.05) is 30.3 Å². The summed E-state index contributed by atoms with van der Waals surface area (Å²) in [6.07, 6.45) is 5.15. The highest BCUT2D eigenvalue weighted by atomic mass is 16.5. The highest BCUT2D eigenvalue weighted by Gasteiger charge is 2.38. The maximum Gasteiger partial charge on any atom is 0.273 e. The lowest BCUT2D eigenvalue weighted by molar-refractivity contribution is -0.0820. The van der Waals surface area contributed by atoms with Gasteiger partial charge in [-0.3, -0.25) is 19.7 Å². The Labute approximate surface area is 181 Å². The third kappa shape index (κ3) is 4.17. The van der Waals surface area contributed by atoms with Gasteiger partial charge >= 0.3 is 0 Å². The Kier molecular flexibility index (Phi) is 5.88. The monoisotopic (exact) mass is 418 g/mol. The third-order valence-electron chi connectivity index (χ3n) is 6.06. The molecule has 0 saturated carbocycles. The van der Waals surface area contributed by atoms with Crippen LogP contribution in [0.3, 0.4) is 0 Å². The lowest BCUT2D eigenvalue weighted by Crippen LogP contribution is -2.53. The first-order valence-electron chi connectivity index (χ1n) is 10.8. The molecule has 0 N–H and O–H groups in total. The second kappa shape index (κ2) is 9.09. The van der Waals surface area contributed by atoms with Gasteiger partial charge in [0.2, 0.25) is 0 Å². The van der Waals surface area contributed by atoms with Crippen LogP contribution in [0.15, 0.2) is 61.1 Å². The molecule has 0 aliphatic carbocycles. The van der Waals surface area contributed by atoms with Crippen molar-refractivity contribution in [2.75, 3.05) is 46.0 Å². The molecule has 7 nitrogen and oxygen atoms in total. The molecule has 0 spiro atoms. The van der Waals surface area contributed by atoms with E-state index in [1.165, 1.54) is 0 Å². The highest BCUT2D eigenvalue weighted by Crippen LogP contribution is 2.32. The zero-order chi connectivity index (χ0) is 21.0. The van der Waals surface area contributed by atoms with E-state index in [1.807, 2.05) is 53.6 Å². The maximum atomic E-state index is 13.8. The number of fused-ring (bicyclic) bond motifs is 1. The van der Waals surface area contributed by atoms with Crippen molar-refractivity contribution in [2.45, 2.75) is 12.1 Å². The molecule has 2 atom stereocenters. The van der Waals surface area contributed by atoms with Gasteiger partial charge in [0.05, 0.1) is 32.0 Å². The van der Waals surface area contributed by atoms with E-state index in [-0.39, 0.29) is 18.1 Å². The SMILES string of the molecule is O=C(c1nccc2ccccc12)N1CCO[C@@H](CN2CCOCC2)[C@@H]1c1cccnc1. The van der Waals surface area contributed by atoms with E-state index in [0.29, 0.717) is 18.8 Å². The second-order valence-electron chi connectivity index (χ2n) is 7.93. The first-order chi connectivity index (χ1) is 15.3. The largest absolute Gasteiger partial charge is 0.379 e. The molecule has 160 valence electrons. The summed E-state index contributed by atoms with van der Waals surface area (Å²) in [6.45, 7) is 4.97. The van der Waals surface area contributed by atoms with Crippen LogP contribution in [0.5, 0.6) is 0 Å². The number of carbonyl (C=O) groups is 1. The molecule has 1 aromatic carbocycles. The van der Waals surface area contributed by atoms with Crippen LogP contribution in [0.4, 0.5) is 0 Å². The number of aromatic nitrogens is 2. The quantitative estimate of drug-likeness (QED) is 0.649. The lowest BCUT2D eigenvalue weighted by atomic mass is 9.97. The molecule has 7 heteroatoms. The van der Waals surface area contributed by atoms with E-state index >= 15 is 0 Å². The van der Waals surface area contributed by atoms with E-state index in [4.69, 9.17) is 9.47 Å². The minimum absolute atomic E-state index is 0.0686. The van der Waals surface area contributed by atoms with Gasteiger partial charge in [-0.15, -0.1) is 0 Å². The van der Waals surface area contributed by atoms with Crippen LogP contribution in [0.25, 0.3) is 10.8 Å². The van der Waals surface area contributed by atoms with Gasteiger partial charge in [0, 0.05) is 50.2 Å². The molecule has 5 rings (SSSR count). The summed E-state index contributed by atoms with van der Waals surface area (Å²) in [5.74, 6) is -0.0686. The van der Waals surface area contributed by atoms with Crippen LogP contribution in [-0.2, 0) is 9.47 Å². The molecule has 1 amide bonds. The third-order valence-corrected chi connectivity index (χ3v) is 6.06. The summed E-state index contributed by atoms with van der Waals surface area (Å²) in [6, 6.07) is 13.5. The van der Waals surface area contributed by atoms with E-state index in [1.54, 1.807) is 12.4 Å². The summed E-state index contributed by atoms with van der Waals surface area (Å²) in [4.78, 5) is 26.8. The van der Waals surface area contributed by atoms with Gasteiger partial charge in [0.25, 0.3) is 5.91 Å². The van der Waals surface area contributed by atoms with Crippen molar-refractivity contribution in [3.63, 3.8) is 0 Å². The number of benzene rings is 1. The van der Waals surface area contributed by atoms with Crippen molar-refractivity contribution in [2.24, 2.45) is 0 Å². The molecule has 2 aliphatic rings. The summed E-state index contributed by atoms with van der Waals surface area (Å²) in [7, 11) is 0. The standard InChI is InChI=1S/C24H26N4O3/c29-24(22-20-6-2-1-4-18(20)7-9-26-22)28-12-15-31-21(17-27-10-13-30-14-11-27)23(28)19-5-3-8-25-16-19/h1-9,16,21,23H,10-15,17H2/t21-,23-/m0/s1. The average Bonchev–Trinajstić information content (AvgIpc) is 2.84. The van der Waals surface area contributed by atoms with Crippen molar-refractivity contribution in [3.05, 3.63) is 72.3 Å². The number of carbonyl (C=O) groups excluding carboxylic acids is 1. The molecule has 3 aromatic rings. The van der Waals surface area contributed by atoms with Gasteiger partial charge in [0.1, 0.15) is 5.69 Å². The predicted octanol–water partition coefficient (Wildman–Crippen LogP) is 2.54. The lowest BCUT2D eigenvalue weighted by Gasteiger charge is -2.43. The van der Waals surface area contributed by atoms with E-state index in [9.17, 15) is 4.79 Å². The van der Waals surface area contributed by atoms with Crippen LogP contribution in [-0.4, -0.2) is 77.8 Å². The topological polar surface area (TPSA) is 67.8 Å². The van der Waals surface area contributed by atoms with Crippen LogP contribution in [0.1, 0.15) is 22.1 Å². The number of hydrogen-bond donors (Lipinski definition) is 0. The molecular weight excluding hydrogens is 392 g/mol. The van der Waals surface area contributed by atoms with Gasteiger partial charge in [0.15, 0.2) is 0 Å². The molecule has 0 radical (unpaired) electrons. The van der Waals surface area contributed by atoms with Gasteiger partial charge in [-0.05, 0) is 23.1 Å². The van der Waals surface area contributed by atoms with Crippen molar-refractivity contribution >= 4 is 16.7 Å². The summed E-state index contributed by atoms with van der Waals surface area (Å²) >= 11 is 0. The number of hydrogen-bond acceptors (Lipinski definition) is 6. The number of nitrogens with zero attached hydrogens (tertiary/aromatic N) is 4. The van der Waals surface area contributed by atoms with Gasteiger partial charge in [-0.2, -0.15) is 0 Å². The number of ether oxygens (including phenoxy) is 2.